The smallest absolute Gasteiger partial charge is 0.300 e. The van der Waals surface area contributed by atoms with E-state index in [1.54, 1.807) is 11.1 Å². The molecule has 0 bridgehead atoms. The summed E-state index contributed by atoms with van der Waals surface area (Å²) in [7, 11) is 0. The van der Waals surface area contributed by atoms with Gasteiger partial charge in [0.05, 0.1) is 43.9 Å². The van der Waals surface area contributed by atoms with E-state index >= 15 is 0 Å². The summed E-state index contributed by atoms with van der Waals surface area (Å²) in [6.45, 7) is 4.71. The fourth-order valence-electron chi connectivity index (χ4n) is 1.75. The number of morpholine rings is 1. The number of benzene rings is 1. The van der Waals surface area contributed by atoms with E-state index < -0.39 is 4.92 Å². The van der Waals surface area contributed by atoms with Gasteiger partial charge >= 0.3 is 0 Å². The minimum Gasteiger partial charge on any atom is -0.494 e. The van der Waals surface area contributed by atoms with Crippen molar-refractivity contribution in [1.29, 1.82) is 0 Å². The largest absolute Gasteiger partial charge is 0.494 e. The zero-order chi connectivity index (χ0) is 14.4. The van der Waals surface area contributed by atoms with Crippen LogP contribution in [0.2, 0.25) is 0 Å². The minimum atomic E-state index is -0.490. The van der Waals surface area contributed by atoms with Crippen molar-refractivity contribution in [3.8, 4) is 5.75 Å². The molecule has 0 spiro atoms. The van der Waals surface area contributed by atoms with Crippen molar-refractivity contribution in [3.63, 3.8) is 0 Å². The van der Waals surface area contributed by atoms with E-state index in [-0.39, 0.29) is 11.4 Å². The van der Waals surface area contributed by atoms with Gasteiger partial charge in [0.1, 0.15) is 5.75 Å². The standard InChI is InChI=1S/C12H16N4O4/c1-2-20-10-3-4-11(12(9-10)16(17)18)13-14-15-5-7-19-8-6-15/h3-4,9H,2,5-8H2,1H3. The molecule has 1 saturated heterocycles. The van der Waals surface area contributed by atoms with Crippen LogP contribution in [-0.2, 0) is 4.74 Å². The van der Waals surface area contributed by atoms with Crippen molar-refractivity contribution in [2.24, 2.45) is 10.3 Å². The fraction of sp³-hybridized carbons (Fsp3) is 0.500. The Labute approximate surface area is 116 Å². The zero-order valence-corrected chi connectivity index (χ0v) is 11.2. The van der Waals surface area contributed by atoms with Gasteiger partial charge in [-0.1, -0.05) is 5.22 Å². The summed E-state index contributed by atoms with van der Waals surface area (Å²) in [5, 5.41) is 20.7. The number of nitro groups is 1. The average Bonchev–Trinajstić information content (AvgIpc) is 2.47. The van der Waals surface area contributed by atoms with Gasteiger partial charge in [-0.2, -0.15) is 0 Å². The van der Waals surface area contributed by atoms with E-state index in [4.69, 9.17) is 9.47 Å². The molecule has 0 aromatic heterocycles. The molecule has 1 aliphatic rings. The van der Waals surface area contributed by atoms with Crippen LogP contribution in [0, 0.1) is 10.1 Å². The molecule has 0 saturated carbocycles. The predicted molar refractivity (Wildman–Crippen MR) is 71.2 cm³/mol. The van der Waals surface area contributed by atoms with Crippen molar-refractivity contribution >= 4 is 11.4 Å². The minimum absolute atomic E-state index is 0.118. The number of nitrogens with zero attached hydrogens (tertiary/aromatic N) is 4. The molecule has 108 valence electrons. The average molecular weight is 280 g/mol. The maximum Gasteiger partial charge on any atom is 0.300 e. The van der Waals surface area contributed by atoms with Crippen molar-refractivity contribution in [1.82, 2.24) is 5.01 Å². The van der Waals surface area contributed by atoms with Gasteiger partial charge in [0.15, 0.2) is 5.69 Å². The molecule has 0 N–H and O–H groups in total. The van der Waals surface area contributed by atoms with Crippen LogP contribution in [0.3, 0.4) is 0 Å². The Morgan fingerprint density at radius 3 is 2.85 bits per heavy atom. The second kappa shape index (κ2) is 6.80. The first kappa shape index (κ1) is 14.2. The van der Waals surface area contributed by atoms with Crippen LogP contribution in [0.25, 0.3) is 0 Å². The maximum atomic E-state index is 11.0. The highest BCUT2D eigenvalue weighted by atomic mass is 16.6. The number of hydrogen-bond acceptors (Lipinski definition) is 6. The first-order chi connectivity index (χ1) is 9.70. The van der Waals surface area contributed by atoms with Crippen LogP contribution in [0.5, 0.6) is 5.75 Å². The zero-order valence-electron chi connectivity index (χ0n) is 11.2. The Morgan fingerprint density at radius 1 is 1.45 bits per heavy atom. The monoisotopic (exact) mass is 280 g/mol. The highest BCUT2D eigenvalue weighted by Gasteiger charge is 2.16. The molecule has 0 atom stereocenters. The lowest BCUT2D eigenvalue weighted by molar-refractivity contribution is -0.384. The van der Waals surface area contributed by atoms with Crippen LogP contribution < -0.4 is 4.74 Å². The van der Waals surface area contributed by atoms with E-state index in [1.165, 1.54) is 12.1 Å². The molecule has 0 amide bonds. The van der Waals surface area contributed by atoms with Crippen LogP contribution in [-0.4, -0.2) is 42.8 Å². The predicted octanol–water partition coefficient (Wildman–Crippen LogP) is 2.32. The SMILES string of the molecule is CCOc1ccc(N=NN2CCOCC2)c([N+](=O)[O-])c1. The lowest BCUT2D eigenvalue weighted by Gasteiger charge is -2.22. The summed E-state index contributed by atoms with van der Waals surface area (Å²) in [4.78, 5) is 10.6. The maximum absolute atomic E-state index is 11.0. The van der Waals surface area contributed by atoms with E-state index in [1.807, 2.05) is 6.92 Å². The molecule has 0 radical (unpaired) electrons. The lowest BCUT2D eigenvalue weighted by atomic mass is 10.2. The van der Waals surface area contributed by atoms with Gasteiger partial charge in [0, 0.05) is 0 Å². The topological polar surface area (TPSA) is 89.6 Å². The highest BCUT2D eigenvalue weighted by molar-refractivity contribution is 5.59. The Balaban J connectivity index is 2.17. The summed E-state index contributed by atoms with van der Waals surface area (Å²) in [6, 6.07) is 4.54. The van der Waals surface area contributed by atoms with Gasteiger partial charge in [0.25, 0.3) is 5.69 Å². The van der Waals surface area contributed by atoms with E-state index in [0.29, 0.717) is 38.7 Å². The summed E-state index contributed by atoms with van der Waals surface area (Å²) in [5.41, 5.74) is 0.0953. The number of rotatable bonds is 5. The normalized spacial score (nSPS) is 15.6. The molecule has 0 aliphatic carbocycles. The fourth-order valence-corrected chi connectivity index (χ4v) is 1.75. The molecule has 20 heavy (non-hydrogen) atoms. The molecule has 1 aromatic rings. The molecular weight excluding hydrogens is 264 g/mol. The molecule has 8 heteroatoms. The van der Waals surface area contributed by atoms with E-state index in [9.17, 15) is 10.1 Å². The van der Waals surface area contributed by atoms with Gasteiger partial charge in [0.2, 0.25) is 0 Å². The number of ether oxygens (including phenoxy) is 2. The van der Waals surface area contributed by atoms with Gasteiger partial charge in [-0.05, 0) is 19.1 Å². The van der Waals surface area contributed by atoms with Crippen LogP contribution in [0.15, 0.2) is 28.5 Å². The van der Waals surface area contributed by atoms with Crippen molar-refractivity contribution in [2.45, 2.75) is 6.92 Å². The van der Waals surface area contributed by atoms with Gasteiger partial charge in [-0.25, -0.2) is 0 Å². The van der Waals surface area contributed by atoms with Gasteiger partial charge in [-0.15, -0.1) is 5.11 Å². The molecule has 1 aliphatic heterocycles. The van der Waals surface area contributed by atoms with Crippen molar-refractivity contribution in [2.75, 3.05) is 32.9 Å². The molecule has 0 unspecified atom stereocenters. The molecule has 1 fully saturated rings. The second-order valence-corrected chi connectivity index (χ2v) is 4.10. The van der Waals surface area contributed by atoms with Gasteiger partial charge in [-0.3, -0.25) is 15.1 Å². The van der Waals surface area contributed by atoms with Crippen LogP contribution in [0.4, 0.5) is 11.4 Å². The third-order valence-corrected chi connectivity index (χ3v) is 2.72. The second-order valence-electron chi connectivity index (χ2n) is 4.10. The lowest BCUT2D eigenvalue weighted by Crippen LogP contribution is -2.31. The van der Waals surface area contributed by atoms with Crippen LogP contribution >= 0.6 is 0 Å². The summed E-state index contributed by atoms with van der Waals surface area (Å²) >= 11 is 0. The molecule has 1 aromatic carbocycles. The Kier molecular flexibility index (Phi) is 4.83. The third kappa shape index (κ3) is 3.64. The van der Waals surface area contributed by atoms with Gasteiger partial charge < -0.3 is 9.47 Å². The number of hydrogen-bond donors (Lipinski definition) is 0. The van der Waals surface area contributed by atoms with Crippen molar-refractivity contribution in [3.05, 3.63) is 28.3 Å². The Hall–Kier alpha value is -2.22. The Morgan fingerprint density at radius 2 is 2.20 bits per heavy atom. The summed E-state index contributed by atoms with van der Waals surface area (Å²) in [6.07, 6.45) is 0. The molecule has 8 nitrogen and oxygen atoms in total. The first-order valence-corrected chi connectivity index (χ1v) is 6.36. The third-order valence-electron chi connectivity index (χ3n) is 2.72. The van der Waals surface area contributed by atoms with E-state index in [0.717, 1.165) is 0 Å². The number of nitro benzene ring substituents is 1. The van der Waals surface area contributed by atoms with Crippen molar-refractivity contribution < 1.29 is 14.4 Å². The first-order valence-electron chi connectivity index (χ1n) is 6.36. The van der Waals surface area contributed by atoms with E-state index in [2.05, 4.69) is 10.3 Å². The highest BCUT2D eigenvalue weighted by Crippen LogP contribution is 2.31. The molecular formula is C12H16N4O4. The summed E-state index contributed by atoms with van der Waals surface area (Å²) in [5.74, 6) is 0.449. The van der Waals surface area contributed by atoms with Crippen LogP contribution in [0.1, 0.15) is 6.92 Å². The quantitative estimate of drug-likeness (QED) is 0.469. The molecule has 2 rings (SSSR count). The molecule has 1 heterocycles. The summed E-state index contributed by atoms with van der Waals surface area (Å²) < 4.78 is 10.4. The Bertz CT molecular complexity index is 500.